The van der Waals surface area contributed by atoms with Gasteiger partial charge in [-0.15, -0.1) is 11.3 Å². The maximum Gasteiger partial charge on any atom is 0.203 e. The predicted molar refractivity (Wildman–Crippen MR) is 62.3 cm³/mol. The summed E-state index contributed by atoms with van der Waals surface area (Å²) in [4.78, 5) is 9.77. The first-order valence-corrected chi connectivity index (χ1v) is 5.83. The normalized spacial score (nSPS) is 10.5. The summed E-state index contributed by atoms with van der Waals surface area (Å²) < 4.78 is 2.10. The van der Waals surface area contributed by atoms with E-state index in [0.717, 1.165) is 24.7 Å². The molecule has 1 N–H and O–H groups in total. The van der Waals surface area contributed by atoms with E-state index in [1.807, 2.05) is 24.8 Å². The van der Waals surface area contributed by atoms with E-state index in [0.29, 0.717) is 0 Å². The van der Waals surface area contributed by atoms with E-state index in [-0.39, 0.29) is 0 Å². The number of hydrogen-bond acceptors (Lipinski definition) is 4. The van der Waals surface area contributed by atoms with E-state index in [4.69, 9.17) is 0 Å². The zero-order valence-electron chi connectivity index (χ0n) is 8.90. The number of rotatable bonds is 4. The molecule has 2 aromatic rings. The third-order valence-electron chi connectivity index (χ3n) is 2.21. The van der Waals surface area contributed by atoms with Gasteiger partial charge in [0.15, 0.2) is 0 Å². The Hall–Kier alpha value is -1.36. The molecule has 0 spiro atoms. The summed E-state index contributed by atoms with van der Waals surface area (Å²) in [5.41, 5.74) is 2.99. The van der Waals surface area contributed by atoms with Gasteiger partial charge in [0, 0.05) is 23.8 Å². The zero-order valence-corrected chi connectivity index (χ0v) is 9.71. The smallest absolute Gasteiger partial charge is 0.203 e. The molecule has 0 amide bonds. The van der Waals surface area contributed by atoms with Crippen molar-refractivity contribution in [1.82, 2.24) is 14.5 Å². The summed E-state index contributed by atoms with van der Waals surface area (Å²) >= 11 is 1.69. The molecule has 4 nitrogen and oxygen atoms in total. The number of hydrogen-bond donors (Lipinski definition) is 1. The summed E-state index contributed by atoms with van der Waals surface area (Å²) in [6, 6.07) is 0. The van der Waals surface area contributed by atoms with Crippen LogP contribution in [0.15, 0.2) is 17.9 Å². The summed E-state index contributed by atoms with van der Waals surface area (Å²) in [5.74, 6) is 0.922. The van der Waals surface area contributed by atoms with Crippen LogP contribution in [0.5, 0.6) is 0 Å². The molecule has 15 heavy (non-hydrogen) atoms. The summed E-state index contributed by atoms with van der Waals surface area (Å²) in [5, 5.41) is 3.22. The molecule has 0 atom stereocenters. The largest absolute Gasteiger partial charge is 0.356 e. The zero-order chi connectivity index (χ0) is 10.7. The van der Waals surface area contributed by atoms with Crippen LogP contribution in [0, 0.1) is 6.92 Å². The van der Waals surface area contributed by atoms with Crippen molar-refractivity contribution in [1.29, 1.82) is 0 Å². The Morgan fingerprint density at radius 3 is 3.00 bits per heavy atom. The van der Waals surface area contributed by atoms with Crippen molar-refractivity contribution in [3.63, 3.8) is 0 Å². The van der Waals surface area contributed by atoms with Gasteiger partial charge >= 0.3 is 0 Å². The van der Waals surface area contributed by atoms with Crippen molar-refractivity contribution in [2.24, 2.45) is 0 Å². The first-order chi connectivity index (χ1) is 7.31. The minimum atomic E-state index is 0.846. The lowest BCUT2D eigenvalue weighted by atomic mass is 10.4. The first-order valence-electron chi connectivity index (χ1n) is 4.95. The number of anilines is 1. The van der Waals surface area contributed by atoms with Crippen molar-refractivity contribution < 1.29 is 0 Å². The van der Waals surface area contributed by atoms with E-state index in [9.17, 15) is 0 Å². The van der Waals surface area contributed by atoms with Gasteiger partial charge in [-0.1, -0.05) is 0 Å². The van der Waals surface area contributed by atoms with Gasteiger partial charge in [-0.3, -0.25) is 0 Å². The van der Waals surface area contributed by atoms with Crippen molar-refractivity contribution in [3.05, 3.63) is 28.5 Å². The van der Waals surface area contributed by atoms with Crippen LogP contribution in [-0.4, -0.2) is 21.1 Å². The Morgan fingerprint density at radius 1 is 1.47 bits per heavy atom. The second kappa shape index (κ2) is 4.44. The topological polar surface area (TPSA) is 42.7 Å². The molecule has 0 saturated heterocycles. The molecule has 0 aliphatic heterocycles. The van der Waals surface area contributed by atoms with E-state index in [2.05, 4.69) is 26.8 Å². The lowest BCUT2D eigenvalue weighted by Gasteiger charge is -2.07. The maximum absolute atomic E-state index is 4.25. The van der Waals surface area contributed by atoms with Gasteiger partial charge in [-0.05, 0) is 13.8 Å². The lowest BCUT2D eigenvalue weighted by molar-refractivity contribution is 0.804. The number of aromatic nitrogens is 3. The number of thiazole rings is 1. The quantitative estimate of drug-likeness (QED) is 0.861. The van der Waals surface area contributed by atoms with Crippen LogP contribution in [0.3, 0.4) is 0 Å². The van der Waals surface area contributed by atoms with Crippen molar-refractivity contribution in [3.8, 4) is 0 Å². The molecule has 80 valence electrons. The van der Waals surface area contributed by atoms with Gasteiger partial charge in [0.25, 0.3) is 0 Å². The third kappa shape index (κ3) is 2.18. The molecule has 0 fully saturated rings. The molecule has 0 unspecified atom stereocenters. The fourth-order valence-corrected chi connectivity index (χ4v) is 2.17. The second-order valence-corrected chi connectivity index (χ2v) is 4.21. The molecular formula is C10H14N4S. The maximum atomic E-state index is 4.25. The number of imidazole rings is 1. The van der Waals surface area contributed by atoms with Crippen LogP contribution >= 0.6 is 11.3 Å². The lowest BCUT2D eigenvalue weighted by Crippen LogP contribution is -2.07. The molecule has 0 radical (unpaired) electrons. The molecule has 5 heteroatoms. The molecular weight excluding hydrogens is 208 g/mol. The van der Waals surface area contributed by atoms with Crippen LogP contribution < -0.4 is 5.32 Å². The van der Waals surface area contributed by atoms with Crippen LogP contribution in [0.4, 0.5) is 5.95 Å². The highest BCUT2D eigenvalue weighted by atomic mass is 32.1. The molecule has 0 bridgehead atoms. The van der Waals surface area contributed by atoms with Crippen LogP contribution in [0.25, 0.3) is 0 Å². The van der Waals surface area contributed by atoms with Gasteiger partial charge in [0.1, 0.15) is 0 Å². The fourth-order valence-electron chi connectivity index (χ4n) is 1.39. The van der Waals surface area contributed by atoms with E-state index in [1.54, 1.807) is 11.3 Å². The standard InChI is InChI=1S/C10H14N4S/c1-3-11-10-12-4-5-14(10)6-9-8(2)13-7-15-9/h4-5,7H,3,6H2,1-2H3,(H,11,12). The van der Waals surface area contributed by atoms with Gasteiger partial charge < -0.3 is 9.88 Å². The Labute approximate surface area is 93.0 Å². The Balaban J connectivity index is 2.17. The highest BCUT2D eigenvalue weighted by Crippen LogP contribution is 2.16. The summed E-state index contributed by atoms with van der Waals surface area (Å²) in [7, 11) is 0. The van der Waals surface area contributed by atoms with Crippen LogP contribution in [-0.2, 0) is 6.54 Å². The van der Waals surface area contributed by atoms with E-state index < -0.39 is 0 Å². The third-order valence-corrected chi connectivity index (χ3v) is 3.13. The predicted octanol–water partition coefficient (Wildman–Crippen LogP) is 2.13. The minimum absolute atomic E-state index is 0.846. The molecule has 0 aliphatic rings. The molecule has 0 aliphatic carbocycles. The van der Waals surface area contributed by atoms with Gasteiger partial charge in [-0.2, -0.15) is 0 Å². The SMILES string of the molecule is CCNc1nccn1Cc1scnc1C. The molecule has 2 aromatic heterocycles. The highest BCUT2D eigenvalue weighted by molar-refractivity contribution is 7.09. The van der Waals surface area contributed by atoms with Crippen molar-refractivity contribution in [2.75, 3.05) is 11.9 Å². The first kappa shape index (κ1) is 10.2. The summed E-state index contributed by atoms with van der Waals surface area (Å²) in [6.45, 7) is 5.84. The number of aryl methyl sites for hydroxylation is 1. The van der Waals surface area contributed by atoms with Crippen LogP contribution in [0.2, 0.25) is 0 Å². The molecule has 2 rings (SSSR count). The van der Waals surface area contributed by atoms with Gasteiger partial charge in [0.2, 0.25) is 5.95 Å². The second-order valence-electron chi connectivity index (χ2n) is 3.27. The van der Waals surface area contributed by atoms with Gasteiger partial charge in [-0.25, -0.2) is 9.97 Å². The van der Waals surface area contributed by atoms with Crippen LogP contribution in [0.1, 0.15) is 17.5 Å². The number of nitrogens with one attached hydrogen (secondary N) is 1. The molecule has 2 heterocycles. The molecule has 0 aromatic carbocycles. The van der Waals surface area contributed by atoms with E-state index in [1.165, 1.54) is 4.88 Å². The average Bonchev–Trinajstić information content (AvgIpc) is 2.80. The van der Waals surface area contributed by atoms with Gasteiger partial charge in [0.05, 0.1) is 17.7 Å². The fraction of sp³-hybridized carbons (Fsp3) is 0.400. The Kier molecular flexibility index (Phi) is 3.01. The van der Waals surface area contributed by atoms with Crippen molar-refractivity contribution >= 4 is 17.3 Å². The monoisotopic (exact) mass is 222 g/mol. The number of nitrogens with zero attached hydrogens (tertiary/aromatic N) is 3. The van der Waals surface area contributed by atoms with Crippen molar-refractivity contribution in [2.45, 2.75) is 20.4 Å². The van der Waals surface area contributed by atoms with E-state index >= 15 is 0 Å². The Bertz CT molecular complexity index is 432. The Morgan fingerprint density at radius 2 is 2.33 bits per heavy atom. The minimum Gasteiger partial charge on any atom is -0.356 e. The highest BCUT2D eigenvalue weighted by Gasteiger charge is 2.05. The summed E-state index contributed by atoms with van der Waals surface area (Å²) in [6.07, 6.45) is 3.80. The average molecular weight is 222 g/mol. The molecule has 0 saturated carbocycles.